The van der Waals surface area contributed by atoms with Crippen LogP contribution in [0.1, 0.15) is 12.8 Å². The number of thioether (sulfide) groups is 1. The normalized spacial score (nSPS) is 17.2. The Balaban J connectivity index is 1.81. The predicted octanol–water partition coefficient (Wildman–Crippen LogP) is 0.725. The smallest absolute Gasteiger partial charge is 0.364 e. The molecule has 3 rings (SSSR count). The second-order valence-corrected chi connectivity index (χ2v) is 5.53. The van der Waals surface area contributed by atoms with Crippen LogP contribution in [-0.2, 0) is 0 Å². The minimum Gasteiger partial charge on any atom is -0.367 e. The number of nitrogens with one attached hydrogen (secondary N) is 2. The quantitative estimate of drug-likeness (QED) is 0.837. The van der Waals surface area contributed by atoms with Crippen LogP contribution in [0.15, 0.2) is 16.9 Å². The molecule has 7 heteroatoms. The zero-order chi connectivity index (χ0) is 11.9. The third-order valence-corrected chi connectivity index (χ3v) is 4.52. The van der Waals surface area contributed by atoms with E-state index in [9.17, 15) is 4.79 Å². The Morgan fingerprint density at radius 3 is 3.12 bits per heavy atom. The molecule has 0 radical (unpaired) electrons. The number of hydrogen-bond acceptors (Lipinski definition) is 5. The van der Waals surface area contributed by atoms with Crippen molar-refractivity contribution in [3.63, 3.8) is 0 Å². The molecule has 6 nitrogen and oxygen atoms in total. The summed E-state index contributed by atoms with van der Waals surface area (Å²) in [4.78, 5) is 11.4. The molecular weight excluding hydrogens is 238 g/mol. The number of aromatic amines is 1. The first-order valence-corrected chi connectivity index (χ1v) is 6.68. The van der Waals surface area contributed by atoms with Gasteiger partial charge in [-0.25, -0.2) is 9.89 Å². The van der Waals surface area contributed by atoms with E-state index in [1.165, 1.54) is 17.4 Å². The Hall–Kier alpha value is -1.50. The van der Waals surface area contributed by atoms with Gasteiger partial charge in [-0.15, -0.1) is 5.10 Å². The number of hydrogen-bond donors (Lipinski definition) is 2. The minimum absolute atomic E-state index is 0.311. The van der Waals surface area contributed by atoms with Gasteiger partial charge in [0, 0.05) is 11.3 Å². The lowest BCUT2D eigenvalue weighted by Gasteiger charge is -2.13. The van der Waals surface area contributed by atoms with Crippen LogP contribution in [0.3, 0.4) is 0 Å². The van der Waals surface area contributed by atoms with Gasteiger partial charge < -0.3 is 5.32 Å². The predicted molar refractivity (Wildman–Crippen MR) is 67.6 cm³/mol. The average Bonchev–Trinajstić information content (AvgIpc) is 3.06. The number of H-pyrrole nitrogens is 1. The van der Waals surface area contributed by atoms with E-state index >= 15 is 0 Å². The molecule has 90 valence electrons. The molecule has 2 aromatic heterocycles. The van der Waals surface area contributed by atoms with E-state index in [1.807, 2.05) is 17.8 Å². The highest BCUT2D eigenvalue weighted by molar-refractivity contribution is 8.00. The van der Waals surface area contributed by atoms with Crippen molar-refractivity contribution >= 4 is 23.2 Å². The Labute approximate surface area is 102 Å². The molecule has 1 saturated carbocycles. The second-order valence-electron chi connectivity index (χ2n) is 4.26. The summed E-state index contributed by atoms with van der Waals surface area (Å²) in [5, 5.41) is 13.7. The number of anilines is 1. The lowest BCUT2D eigenvalue weighted by Crippen LogP contribution is -2.20. The van der Waals surface area contributed by atoms with Crippen molar-refractivity contribution in [3.8, 4) is 0 Å². The van der Waals surface area contributed by atoms with Crippen molar-refractivity contribution in [2.75, 3.05) is 18.1 Å². The molecule has 0 atom stereocenters. The van der Waals surface area contributed by atoms with Crippen LogP contribution in [0.5, 0.6) is 0 Å². The maximum Gasteiger partial charge on any atom is 0.364 e. The van der Waals surface area contributed by atoms with Crippen molar-refractivity contribution in [3.05, 3.63) is 22.6 Å². The van der Waals surface area contributed by atoms with E-state index in [0.29, 0.717) is 16.2 Å². The summed E-state index contributed by atoms with van der Waals surface area (Å²) in [5.74, 6) is 0.710. The van der Waals surface area contributed by atoms with Gasteiger partial charge in [0.2, 0.25) is 0 Å². The molecule has 0 bridgehead atoms. The van der Waals surface area contributed by atoms with E-state index in [1.54, 1.807) is 6.07 Å². The third-order valence-electron chi connectivity index (χ3n) is 3.11. The van der Waals surface area contributed by atoms with Crippen molar-refractivity contribution in [1.82, 2.24) is 19.8 Å². The van der Waals surface area contributed by atoms with Crippen LogP contribution in [0.2, 0.25) is 0 Å². The second kappa shape index (κ2) is 3.76. The molecule has 0 aromatic carbocycles. The Morgan fingerprint density at radius 2 is 2.41 bits per heavy atom. The molecule has 0 spiro atoms. The molecule has 0 aliphatic heterocycles. The molecule has 2 heterocycles. The van der Waals surface area contributed by atoms with Crippen LogP contribution >= 0.6 is 11.8 Å². The van der Waals surface area contributed by atoms with Gasteiger partial charge in [-0.1, -0.05) is 0 Å². The molecule has 0 unspecified atom stereocenters. The maximum atomic E-state index is 11.4. The minimum atomic E-state index is -0.311. The standard InChI is InChI=1S/C10H13N5OS/c1-17-10(4-5-10)6-11-7-2-3-8-12-13-9(16)15(8)14-7/h2-3H,4-6H2,1H3,(H,11,14)(H,13,16). The Kier molecular flexibility index (Phi) is 2.36. The molecule has 0 amide bonds. The first-order chi connectivity index (χ1) is 8.22. The third kappa shape index (κ3) is 1.90. The maximum absolute atomic E-state index is 11.4. The van der Waals surface area contributed by atoms with Crippen molar-refractivity contribution < 1.29 is 0 Å². The summed E-state index contributed by atoms with van der Waals surface area (Å²) in [7, 11) is 0. The summed E-state index contributed by atoms with van der Waals surface area (Å²) >= 11 is 1.89. The Morgan fingerprint density at radius 1 is 1.59 bits per heavy atom. The number of fused-ring (bicyclic) bond motifs is 1. The molecule has 1 aliphatic rings. The zero-order valence-electron chi connectivity index (χ0n) is 9.43. The summed E-state index contributed by atoms with van der Waals surface area (Å²) in [5.41, 5.74) is 0.223. The highest BCUT2D eigenvalue weighted by Crippen LogP contribution is 2.46. The van der Waals surface area contributed by atoms with E-state index in [-0.39, 0.29) is 5.69 Å². The largest absolute Gasteiger partial charge is 0.367 e. The summed E-state index contributed by atoms with van der Waals surface area (Å²) in [6.45, 7) is 0.888. The van der Waals surface area contributed by atoms with Gasteiger partial charge >= 0.3 is 5.69 Å². The van der Waals surface area contributed by atoms with Crippen LogP contribution in [0.4, 0.5) is 5.82 Å². The van der Waals surface area contributed by atoms with E-state index in [2.05, 4.69) is 26.9 Å². The van der Waals surface area contributed by atoms with Gasteiger partial charge in [-0.05, 0) is 31.2 Å². The average molecular weight is 251 g/mol. The lowest BCUT2D eigenvalue weighted by atomic mass is 10.4. The number of nitrogens with zero attached hydrogens (tertiary/aromatic N) is 3. The van der Waals surface area contributed by atoms with Gasteiger partial charge in [0.1, 0.15) is 5.82 Å². The SMILES string of the molecule is CSC1(CNc2ccc3n[nH]c(=O)n3n2)CC1. The van der Waals surface area contributed by atoms with Crippen LogP contribution in [-0.4, -0.2) is 37.4 Å². The van der Waals surface area contributed by atoms with Gasteiger partial charge in [0.05, 0.1) is 0 Å². The van der Waals surface area contributed by atoms with Crippen LogP contribution < -0.4 is 11.0 Å². The monoisotopic (exact) mass is 251 g/mol. The van der Waals surface area contributed by atoms with Crippen LogP contribution in [0.25, 0.3) is 5.65 Å². The summed E-state index contributed by atoms with van der Waals surface area (Å²) < 4.78 is 1.64. The van der Waals surface area contributed by atoms with Gasteiger partial charge in [0.15, 0.2) is 5.65 Å². The molecule has 0 saturated heterocycles. The molecule has 2 aromatic rings. The fourth-order valence-corrected chi connectivity index (χ4v) is 2.47. The lowest BCUT2D eigenvalue weighted by molar-refractivity contribution is 0.862. The fourth-order valence-electron chi connectivity index (χ4n) is 1.74. The van der Waals surface area contributed by atoms with E-state index in [4.69, 9.17) is 0 Å². The number of aromatic nitrogens is 4. The van der Waals surface area contributed by atoms with E-state index in [0.717, 1.165) is 6.54 Å². The molecule has 1 fully saturated rings. The molecule has 17 heavy (non-hydrogen) atoms. The first kappa shape index (κ1) is 10.6. The van der Waals surface area contributed by atoms with Crippen LogP contribution in [0, 0.1) is 0 Å². The van der Waals surface area contributed by atoms with Crippen molar-refractivity contribution in [2.24, 2.45) is 0 Å². The molecular formula is C10H13N5OS. The number of rotatable bonds is 4. The highest BCUT2D eigenvalue weighted by Gasteiger charge is 2.41. The highest BCUT2D eigenvalue weighted by atomic mass is 32.2. The Bertz CT molecular complexity index is 600. The van der Waals surface area contributed by atoms with Gasteiger partial charge in [-0.3, -0.25) is 0 Å². The molecule has 1 aliphatic carbocycles. The fraction of sp³-hybridized carbons (Fsp3) is 0.500. The summed E-state index contributed by atoms with van der Waals surface area (Å²) in [6.07, 6.45) is 4.62. The molecule has 2 N–H and O–H groups in total. The van der Waals surface area contributed by atoms with Gasteiger partial charge in [0.25, 0.3) is 0 Å². The van der Waals surface area contributed by atoms with Gasteiger partial charge in [-0.2, -0.15) is 21.4 Å². The topological polar surface area (TPSA) is 75.1 Å². The van der Waals surface area contributed by atoms with E-state index < -0.39 is 0 Å². The first-order valence-electron chi connectivity index (χ1n) is 5.46. The summed E-state index contributed by atoms with van der Waals surface area (Å²) in [6, 6.07) is 3.61. The van der Waals surface area contributed by atoms with Crippen molar-refractivity contribution in [1.29, 1.82) is 0 Å². The zero-order valence-corrected chi connectivity index (χ0v) is 10.3. The van der Waals surface area contributed by atoms with Crippen molar-refractivity contribution in [2.45, 2.75) is 17.6 Å².